The molecular weight excluding hydrogens is 240 g/mol. The molecule has 0 aliphatic carbocycles. The van der Waals surface area contributed by atoms with E-state index in [4.69, 9.17) is 4.98 Å². The van der Waals surface area contributed by atoms with Crippen molar-refractivity contribution in [2.75, 3.05) is 13.1 Å². The molecule has 1 N–H and O–H groups in total. The van der Waals surface area contributed by atoms with Gasteiger partial charge in [0.2, 0.25) is 0 Å². The third-order valence-electron chi connectivity index (χ3n) is 3.44. The summed E-state index contributed by atoms with van der Waals surface area (Å²) in [5.41, 5.74) is 2.56. The highest BCUT2D eigenvalue weighted by Crippen LogP contribution is 2.26. The van der Waals surface area contributed by atoms with Crippen LogP contribution >= 0.6 is 11.3 Å². The largest absolute Gasteiger partial charge is 0.316 e. The minimum absolute atomic E-state index is 0.633. The van der Waals surface area contributed by atoms with Crippen LogP contribution in [0.1, 0.15) is 35.0 Å². The van der Waals surface area contributed by atoms with Crippen molar-refractivity contribution >= 4 is 11.3 Å². The van der Waals surface area contributed by atoms with Crippen LogP contribution in [0, 0.1) is 0 Å². The van der Waals surface area contributed by atoms with Crippen molar-refractivity contribution in [1.82, 2.24) is 10.3 Å². The van der Waals surface area contributed by atoms with Gasteiger partial charge in [-0.25, -0.2) is 4.98 Å². The molecule has 18 heavy (non-hydrogen) atoms. The molecule has 2 heterocycles. The monoisotopic (exact) mass is 258 g/mol. The normalized spacial score (nSPS) is 19.9. The van der Waals surface area contributed by atoms with Crippen molar-refractivity contribution in [3.8, 4) is 0 Å². The van der Waals surface area contributed by atoms with Crippen LogP contribution in [0.2, 0.25) is 0 Å². The fourth-order valence-electron chi connectivity index (χ4n) is 2.46. The highest BCUT2D eigenvalue weighted by molar-refractivity contribution is 7.09. The molecule has 3 heteroatoms. The minimum Gasteiger partial charge on any atom is -0.316 e. The van der Waals surface area contributed by atoms with Crippen LogP contribution in [-0.4, -0.2) is 18.1 Å². The molecule has 3 rings (SSSR count). The van der Waals surface area contributed by atoms with E-state index in [9.17, 15) is 0 Å². The molecule has 1 saturated heterocycles. The topological polar surface area (TPSA) is 24.9 Å². The summed E-state index contributed by atoms with van der Waals surface area (Å²) in [5, 5.41) is 6.99. The van der Waals surface area contributed by atoms with Crippen molar-refractivity contribution in [1.29, 1.82) is 0 Å². The number of benzene rings is 1. The third-order valence-corrected chi connectivity index (χ3v) is 4.50. The first-order chi connectivity index (χ1) is 8.92. The molecule has 1 atom stereocenters. The number of hydrogen-bond acceptors (Lipinski definition) is 3. The molecule has 0 amide bonds. The predicted octanol–water partition coefficient (Wildman–Crippen LogP) is 3.20. The molecule has 1 fully saturated rings. The van der Waals surface area contributed by atoms with Gasteiger partial charge in [-0.15, -0.1) is 11.3 Å². The highest BCUT2D eigenvalue weighted by Gasteiger charge is 2.18. The Hall–Kier alpha value is -1.19. The summed E-state index contributed by atoms with van der Waals surface area (Å²) in [4.78, 5) is 4.81. The zero-order valence-electron chi connectivity index (χ0n) is 10.4. The van der Waals surface area contributed by atoms with Crippen LogP contribution in [0.4, 0.5) is 0 Å². The van der Waals surface area contributed by atoms with Gasteiger partial charge in [0.25, 0.3) is 0 Å². The molecule has 0 spiro atoms. The van der Waals surface area contributed by atoms with E-state index in [0.29, 0.717) is 5.92 Å². The molecule has 1 aromatic carbocycles. The average molecular weight is 258 g/mol. The van der Waals surface area contributed by atoms with Crippen molar-refractivity contribution in [3.63, 3.8) is 0 Å². The first kappa shape index (κ1) is 11.9. The second-order valence-electron chi connectivity index (χ2n) is 4.88. The number of rotatable bonds is 3. The van der Waals surface area contributed by atoms with Crippen LogP contribution in [0.5, 0.6) is 0 Å². The number of nitrogens with zero attached hydrogens (tertiary/aromatic N) is 1. The average Bonchev–Trinajstić information content (AvgIpc) is 2.89. The van der Waals surface area contributed by atoms with E-state index in [0.717, 1.165) is 13.0 Å². The van der Waals surface area contributed by atoms with Gasteiger partial charge in [0.05, 0.1) is 10.7 Å². The van der Waals surface area contributed by atoms with E-state index in [1.54, 1.807) is 0 Å². The predicted molar refractivity (Wildman–Crippen MR) is 76.2 cm³/mol. The van der Waals surface area contributed by atoms with Crippen molar-refractivity contribution in [2.24, 2.45) is 0 Å². The van der Waals surface area contributed by atoms with Gasteiger partial charge >= 0.3 is 0 Å². The molecular formula is C15H18N2S. The number of hydrogen-bond donors (Lipinski definition) is 1. The second kappa shape index (κ2) is 5.63. The first-order valence-electron chi connectivity index (χ1n) is 6.61. The maximum atomic E-state index is 4.81. The quantitative estimate of drug-likeness (QED) is 0.914. The van der Waals surface area contributed by atoms with Gasteiger partial charge in [0.15, 0.2) is 0 Å². The SMILES string of the molecule is c1ccc(Cc2csc(C3CCCNC3)n2)cc1. The Labute approximate surface area is 112 Å². The lowest BCUT2D eigenvalue weighted by atomic mass is 10.0. The van der Waals surface area contributed by atoms with Crippen LogP contribution < -0.4 is 5.32 Å². The zero-order valence-corrected chi connectivity index (χ0v) is 11.2. The Balaban J connectivity index is 1.69. The smallest absolute Gasteiger partial charge is 0.0972 e. The Morgan fingerprint density at radius 2 is 2.17 bits per heavy atom. The number of nitrogens with one attached hydrogen (secondary N) is 1. The Morgan fingerprint density at radius 1 is 1.28 bits per heavy atom. The zero-order chi connectivity index (χ0) is 12.2. The van der Waals surface area contributed by atoms with E-state index in [1.807, 2.05) is 11.3 Å². The lowest BCUT2D eigenvalue weighted by molar-refractivity contribution is 0.460. The Kier molecular flexibility index (Phi) is 3.72. The second-order valence-corrected chi connectivity index (χ2v) is 5.77. The molecule has 1 aromatic heterocycles. The van der Waals surface area contributed by atoms with Crippen molar-refractivity contribution in [3.05, 3.63) is 52.0 Å². The molecule has 0 bridgehead atoms. The maximum Gasteiger partial charge on any atom is 0.0972 e. The van der Waals surface area contributed by atoms with Crippen molar-refractivity contribution in [2.45, 2.75) is 25.2 Å². The molecule has 0 saturated carbocycles. The fraction of sp³-hybridized carbons (Fsp3) is 0.400. The Morgan fingerprint density at radius 3 is 2.94 bits per heavy atom. The van der Waals surface area contributed by atoms with E-state index in [2.05, 4.69) is 41.0 Å². The molecule has 2 nitrogen and oxygen atoms in total. The van der Waals surface area contributed by atoms with Crippen LogP contribution in [0.25, 0.3) is 0 Å². The number of thiazole rings is 1. The van der Waals surface area contributed by atoms with E-state index in [1.165, 1.54) is 35.7 Å². The molecule has 94 valence electrons. The molecule has 1 unspecified atom stereocenters. The van der Waals surface area contributed by atoms with Gasteiger partial charge in [-0.05, 0) is 24.9 Å². The molecule has 1 aliphatic heterocycles. The lowest BCUT2D eigenvalue weighted by Crippen LogP contribution is -2.28. The van der Waals surface area contributed by atoms with Gasteiger partial charge in [0.1, 0.15) is 0 Å². The minimum atomic E-state index is 0.633. The van der Waals surface area contributed by atoms with Gasteiger partial charge in [0, 0.05) is 24.3 Å². The van der Waals surface area contributed by atoms with Gasteiger partial charge < -0.3 is 5.32 Å². The van der Waals surface area contributed by atoms with Gasteiger partial charge in [-0.3, -0.25) is 0 Å². The summed E-state index contributed by atoms with van der Waals surface area (Å²) in [5.74, 6) is 0.633. The summed E-state index contributed by atoms with van der Waals surface area (Å²) in [6, 6.07) is 10.6. The third kappa shape index (κ3) is 2.79. The van der Waals surface area contributed by atoms with Crippen LogP contribution in [-0.2, 0) is 6.42 Å². The fourth-order valence-corrected chi connectivity index (χ4v) is 3.42. The number of aromatic nitrogens is 1. The van der Waals surface area contributed by atoms with Crippen LogP contribution in [0.3, 0.4) is 0 Å². The lowest BCUT2D eigenvalue weighted by Gasteiger charge is -2.20. The summed E-state index contributed by atoms with van der Waals surface area (Å²) < 4.78 is 0. The first-order valence-corrected chi connectivity index (χ1v) is 7.49. The number of piperidine rings is 1. The summed E-state index contributed by atoms with van der Waals surface area (Å²) in [7, 11) is 0. The standard InChI is InChI=1S/C15H18N2S/c1-2-5-12(6-3-1)9-14-11-18-15(17-14)13-7-4-8-16-10-13/h1-3,5-6,11,13,16H,4,7-10H2. The maximum absolute atomic E-state index is 4.81. The molecule has 1 aliphatic rings. The summed E-state index contributed by atoms with van der Waals surface area (Å²) in [6.07, 6.45) is 3.51. The summed E-state index contributed by atoms with van der Waals surface area (Å²) in [6.45, 7) is 2.26. The van der Waals surface area contributed by atoms with Gasteiger partial charge in [-0.1, -0.05) is 30.3 Å². The van der Waals surface area contributed by atoms with E-state index in [-0.39, 0.29) is 0 Å². The van der Waals surface area contributed by atoms with E-state index < -0.39 is 0 Å². The molecule has 0 radical (unpaired) electrons. The van der Waals surface area contributed by atoms with E-state index >= 15 is 0 Å². The van der Waals surface area contributed by atoms with Crippen LogP contribution in [0.15, 0.2) is 35.7 Å². The van der Waals surface area contributed by atoms with Crippen molar-refractivity contribution < 1.29 is 0 Å². The Bertz CT molecular complexity index is 486. The van der Waals surface area contributed by atoms with Gasteiger partial charge in [-0.2, -0.15) is 0 Å². The highest BCUT2D eigenvalue weighted by atomic mass is 32.1. The summed E-state index contributed by atoms with van der Waals surface area (Å²) >= 11 is 1.82. The molecule has 2 aromatic rings.